The summed E-state index contributed by atoms with van der Waals surface area (Å²) in [7, 11) is 0. The topological polar surface area (TPSA) is 270 Å². The molecule has 4 fully saturated rings. The summed E-state index contributed by atoms with van der Waals surface area (Å²) in [5.41, 5.74) is 0. The van der Waals surface area contributed by atoms with Gasteiger partial charge in [0.1, 0.15) is 24.4 Å². The first-order chi connectivity index (χ1) is 33.7. The first-order valence-electron chi connectivity index (χ1n) is 26.4. The van der Waals surface area contributed by atoms with E-state index in [1.165, 1.54) is 24.3 Å². The second kappa shape index (κ2) is 25.9. The Morgan fingerprint density at radius 1 is 0.583 bits per heavy atom. The summed E-state index contributed by atoms with van der Waals surface area (Å²) in [5.74, 6) is -9.84. The van der Waals surface area contributed by atoms with Crippen LogP contribution >= 0.6 is 0 Å². The third kappa shape index (κ3) is 14.4. The van der Waals surface area contributed by atoms with Crippen molar-refractivity contribution in [3.8, 4) is 0 Å². The van der Waals surface area contributed by atoms with E-state index in [-0.39, 0.29) is 37.5 Å². The molecule has 0 bridgehead atoms. The van der Waals surface area contributed by atoms with Crippen LogP contribution in [0.5, 0.6) is 0 Å². The minimum Gasteiger partial charge on any atom is -0.458 e. The summed E-state index contributed by atoms with van der Waals surface area (Å²) in [5, 5.41) is 89.6. The van der Waals surface area contributed by atoms with Gasteiger partial charge < -0.3 is 78.7 Å². The molecule has 5 heterocycles. The summed E-state index contributed by atoms with van der Waals surface area (Å²) in [6.45, 7) is 21.3. The lowest BCUT2D eigenvalue weighted by atomic mass is 9.76. The lowest BCUT2D eigenvalue weighted by Gasteiger charge is -2.50. The van der Waals surface area contributed by atoms with Crippen LogP contribution in [-0.4, -0.2) is 162 Å². The summed E-state index contributed by atoms with van der Waals surface area (Å²) in [6.07, 6.45) is -0.317. The first-order valence-corrected chi connectivity index (χ1v) is 26.4. The Morgan fingerprint density at radius 3 is 1.25 bits per heavy atom. The predicted molar refractivity (Wildman–Crippen MR) is 263 cm³/mol. The fourth-order valence-corrected chi connectivity index (χ4v) is 11.6. The fraction of sp³-hybridized carbons (Fsp3) is 0.815. The standard InChI is InChI=1S/C54H88O18/c1-13-37-33(9)71-53(63,25-41(37)67-45-23-39(55)49(61)35(11)65-45)31(7)47(59)29(5)51-27(3)19-15-17-22-44(58)70-52(28(4)20-16-18-21-43(57)69-51)30(6)48(60)32(8)54(64)26-42(38(14-2)34(10)72-54)68-46-24-40(56)50(62)36(12)66-46/h15-22,27-42,45-52,55-56,59-64H,13-14,23-26H2,1-12H3/t27-,28-,29-,30-,31-,32-,33+,34+,35-,36-,37+,38+,39-,40-,41+,42+,45-,46-,47+,48+,49+,50+,51-,52-,53+,54+/m0/s1. The minimum atomic E-state index is -1.88. The third-order valence-corrected chi connectivity index (χ3v) is 16.5. The van der Waals surface area contributed by atoms with Crippen molar-refractivity contribution in [2.24, 2.45) is 47.3 Å². The van der Waals surface area contributed by atoms with Gasteiger partial charge in [-0.3, -0.25) is 0 Å². The smallest absolute Gasteiger partial charge is 0.331 e. The third-order valence-electron chi connectivity index (χ3n) is 16.5. The van der Waals surface area contributed by atoms with Gasteiger partial charge in [0.25, 0.3) is 0 Å². The summed E-state index contributed by atoms with van der Waals surface area (Å²) >= 11 is 0. The molecule has 412 valence electrons. The minimum absolute atomic E-state index is 0.0264. The molecule has 0 radical (unpaired) electrons. The van der Waals surface area contributed by atoms with Crippen molar-refractivity contribution in [1.29, 1.82) is 0 Å². The molecule has 0 aromatic carbocycles. The van der Waals surface area contributed by atoms with E-state index in [4.69, 9.17) is 37.9 Å². The Labute approximate surface area is 426 Å². The van der Waals surface area contributed by atoms with Gasteiger partial charge in [-0.1, -0.05) is 91.8 Å². The van der Waals surface area contributed by atoms with Crippen LogP contribution in [0.2, 0.25) is 0 Å². The van der Waals surface area contributed by atoms with Crippen LogP contribution in [0.15, 0.2) is 48.6 Å². The van der Waals surface area contributed by atoms with Crippen molar-refractivity contribution < 1.29 is 88.3 Å². The number of aliphatic hydroxyl groups is 8. The first kappa shape index (κ1) is 60.2. The number of esters is 2. The van der Waals surface area contributed by atoms with Gasteiger partial charge in [-0.15, -0.1) is 0 Å². The van der Waals surface area contributed by atoms with Crippen LogP contribution in [0.25, 0.3) is 0 Å². The quantitative estimate of drug-likeness (QED) is 0.114. The van der Waals surface area contributed by atoms with Gasteiger partial charge in [-0.05, 0) is 40.5 Å². The number of hydrogen-bond acceptors (Lipinski definition) is 18. The highest BCUT2D eigenvalue weighted by molar-refractivity contribution is 5.83. The average molecular weight is 1030 g/mol. The molecule has 26 atom stereocenters. The highest BCUT2D eigenvalue weighted by atomic mass is 16.7. The molecule has 0 saturated carbocycles. The maximum absolute atomic E-state index is 13.5. The number of ether oxygens (including phenoxy) is 8. The van der Waals surface area contributed by atoms with Gasteiger partial charge in [0, 0.05) is 85.2 Å². The summed E-state index contributed by atoms with van der Waals surface area (Å²) < 4.78 is 49.1. The Balaban J connectivity index is 1.28. The van der Waals surface area contributed by atoms with E-state index < -0.39 is 157 Å². The molecule has 0 spiro atoms. The van der Waals surface area contributed by atoms with Gasteiger partial charge in [-0.2, -0.15) is 0 Å². The molecule has 72 heavy (non-hydrogen) atoms. The van der Waals surface area contributed by atoms with Crippen LogP contribution < -0.4 is 0 Å². The van der Waals surface area contributed by atoms with Crippen LogP contribution in [-0.2, 0) is 47.5 Å². The number of allylic oxidation sites excluding steroid dienone is 4. The zero-order valence-corrected chi connectivity index (χ0v) is 44.4. The molecule has 0 aliphatic carbocycles. The molecule has 0 aromatic heterocycles. The lowest BCUT2D eigenvalue weighted by Crippen LogP contribution is -2.59. The van der Waals surface area contributed by atoms with E-state index in [0.29, 0.717) is 12.8 Å². The van der Waals surface area contributed by atoms with Crippen LogP contribution in [0, 0.1) is 47.3 Å². The Morgan fingerprint density at radius 2 is 0.931 bits per heavy atom. The summed E-state index contributed by atoms with van der Waals surface area (Å²) in [4.78, 5) is 27.0. The second-order valence-corrected chi connectivity index (χ2v) is 21.7. The molecule has 5 rings (SSSR count). The molecular weight excluding hydrogens is 937 g/mol. The van der Waals surface area contributed by atoms with Crippen LogP contribution in [0.4, 0.5) is 0 Å². The molecule has 0 aromatic rings. The van der Waals surface area contributed by atoms with Crippen molar-refractivity contribution >= 4 is 11.9 Å². The number of hydrogen-bond donors (Lipinski definition) is 8. The SMILES string of the molecule is CC[C@@H]1[C@@H](C)O[C@@](O)([C@@H](C)[C@H](O)[C@H](C)[C@H]2OC(=O)C=CC=C[C@H](C)[C@@H]([C@@H](C)[C@@H](O)[C@H](C)[C@@]3(O)C[C@@H](O[C@H]4C[C@H](O)[C@H](O)[C@H](C)O4)[C@H](CC)[C@@H](C)O3)OC(=O)C=CC=C[C@@H]2C)C[C@H]1O[C@H]1C[C@H](O)[C@H](O)[C@H](C)O1. The molecule has 8 N–H and O–H groups in total. The van der Waals surface area contributed by atoms with Crippen molar-refractivity contribution in [2.45, 2.75) is 231 Å². The van der Waals surface area contributed by atoms with Gasteiger partial charge in [-0.25, -0.2) is 9.59 Å². The second-order valence-electron chi connectivity index (χ2n) is 21.7. The van der Waals surface area contributed by atoms with E-state index in [9.17, 15) is 50.4 Å². The number of carbonyl (C=O) groups excluding carboxylic acids is 2. The van der Waals surface area contributed by atoms with Crippen molar-refractivity contribution in [2.75, 3.05) is 0 Å². The normalized spacial score (nSPS) is 44.3. The van der Waals surface area contributed by atoms with E-state index >= 15 is 0 Å². The summed E-state index contributed by atoms with van der Waals surface area (Å²) in [6, 6.07) is 0. The van der Waals surface area contributed by atoms with Crippen LogP contribution in [0.1, 0.15) is 122 Å². The Kier molecular flexibility index (Phi) is 21.7. The molecule has 0 amide bonds. The van der Waals surface area contributed by atoms with E-state index in [2.05, 4.69) is 0 Å². The number of rotatable bonds is 14. The molecule has 4 saturated heterocycles. The molecule has 0 unspecified atom stereocenters. The van der Waals surface area contributed by atoms with Crippen LogP contribution in [0.3, 0.4) is 0 Å². The van der Waals surface area contributed by atoms with E-state index in [1.807, 2.05) is 27.7 Å². The van der Waals surface area contributed by atoms with E-state index in [1.54, 1.807) is 79.7 Å². The highest BCUT2D eigenvalue weighted by Crippen LogP contribution is 2.45. The maximum atomic E-state index is 13.5. The Hall–Kier alpha value is -2.66. The van der Waals surface area contributed by atoms with Crippen molar-refractivity contribution in [1.82, 2.24) is 0 Å². The van der Waals surface area contributed by atoms with Gasteiger partial charge in [0.2, 0.25) is 0 Å². The number of cyclic esters (lactones) is 2. The largest absolute Gasteiger partial charge is 0.458 e. The lowest BCUT2D eigenvalue weighted by molar-refractivity contribution is -0.345. The maximum Gasteiger partial charge on any atom is 0.331 e. The number of aliphatic hydroxyl groups excluding tert-OH is 6. The van der Waals surface area contributed by atoms with Gasteiger partial charge in [0.05, 0.1) is 61.0 Å². The van der Waals surface area contributed by atoms with Gasteiger partial charge >= 0.3 is 11.9 Å². The molecular formula is C54H88O18. The average Bonchev–Trinajstić information content (AvgIpc) is 3.31. The molecule has 5 aliphatic heterocycles. The zero-order valence-electron chi connectivity index (χ0n) is 44.4. The molecule has 18 nitrogen and oxygen atoms in total. The van der Waals surface area contributed by atoms with Crippen molar-refractivity contribution in [3.05, 3.63) is 48.6 Å². The van der Waals surface area contributed by atoms with E-state index in [0.717, 1.165) is 0 Å². The van der Waals surface area contributed by atoms with Crippen molar-refractivity contribution in [3.63, 3.8) is 0 Å². The number of carbonyl (C=O) groups is 2. The highest BCUT2D eigenvalue weighted by Gasteiger charge is 2.54. The molecule has 5 aliphatic rings. The molecule has 18 heteroatoms. The zero-order chi connectivity index (χ0) is 53.6. The Bertz CT molecular complexity index is 1710. The predicted octanol–water partition coefficient (Wildman–Crippen LogP) is 4.12. The fourth-order valence-electron chi connectivity index (χ4n) is 11.6. The monoisotopic (exact) mass is 1020 g/mol. The van der Waals surface area contributed by atoms with Gasteiger partial charge in [0.15, 0.2) is 24.2 Å².